The van der Waals surface area contributed by atoms with Gasteiger partial charge >= 0.3 is 0 Å². The van der Waals surface area contributed by atoms with E-state index in [4.69, 9.17) is 11.6 Å². The van der Waals surface area contributed by atoms with E-state index in [2.05, 4.69) is 5.32 Å². The highest BCUT2D eigenvalue weighted by molar-refractivity contribution is 6.31. The van der Waals surface area contributed by atoms with Crippen molar-refractivity contribution in [2.24, 2.45) is 0 Å². The Hall–Kier alpha value is -2.73. The van der Waals surface area contributed by atoms with Gasteiger partial charge in [0.1, 0.15) is 0 Å². The summed E-state index contributed by atoms with van der Waals surface area (Å²) < 4.78 is 13.8. The maximum atomic E-state index is 13.8. The number of amides is 3. The van der Waals surface area contributed by atoms with Crippen molar-refractivity contribution in [2.75, 3.05) is 5.32 Å². The van der Waals surface area contributed by atoms with Gasteiger partial charge in [-0.1, -0.05) is 29.8 Å². The first-order valence-electron chi connectivity index (χ1n) is 7.63. The summed E-state index contributed by atoms with van der Waals surface area (Å²) in [5.74, 6) is -1.56. The van der Waals surface area contributed by atoms with Crippen molar-refractivity contribution in [1.29, 1.82) is 0 Å². The number of likely N-dealkylation sites (tertiary alicyclic amines) is 1. The molecule has 1 saturated heterocycles. The smallest absolute Gasteiger partial charge is 0.255 e. The SMILES string of the molecule is O=C(Nc1cccc(Cl)c1F)c1ccc(CN2C(=O)CCC2=O)cc1. The number of hydrogen-bond acceptors (Lipinski definition) is 3. The van der Waals surface area contributed by atoms with Gasteiger partial charge in [-0.25, -0.2) is 4.39 Å². The summed E-state index contributed by atoms with van der Waals surface area (Å²) >= 11 is 5.68. The molecular weight excluding hydrogens is 347 g/mol. The highest BCUT2D eigenvalue weighted by Gasteiger charge is 2.28. The van der Waals surface area contributed by atoms with Crippen molar-refractivity contribution >= 4 is 35.0 Å². The molecule has 0 spiro atoms. The van der Waals surface area contributed by atoms with Gasteiger partial charge in [-0.3, -0.25) is 19.3 Å². The maximum absolute atomic E-state index is 13.8. The number of nitrogens with one attached hydrogen (secondary N) is 1. The van der Waals surface area contributed by atoms with Crippen LogP contribution in [0.15, 0.2) is 42.5 Å². The molecule has 3 amide bonds. The minimum Gasteiger partial charge on any atom is -0.319 e. The molecule has 0 saturated carbocycles. The first kappa shape index (κ1) is 17.1. The van der Waals surface area contributed by atoms with E-state index >= 15 is 0 Å². The van der Waals surface area contributed by atoms with E-state index in [1.165, 1.54) is 23.1 Å². The van der Waals surface area contributed by atoms with Crippen LogP contribution in [-0.2, 0) is 16.1 Å². The highest BCUT2D eigenvalue weighted by atomic mass is 35.5. The zero-order chi connectivity index (χ0) is 18.0. The van der Waals surface area contributed by atoms with Crippen molar-refractivity contribution in [3.63, 3.8) is 0 Å². The molecule has 1 aliphatic heterocycles. The van der Waals surface area contributed by atoms with Crippen LogP contribution in [0.25, 0.3) is 0 Å². The van der Waals surface area contributed by atoms with E-state index in [9.17, 15) is 18.8 Å². The first-order chi connectivity index (χ1) is 12.0. The second kappa shape index (κ2) is 7.03. The van der Waals surface area contributed by atoms with Crippen molar-refractivity contribution < 1.29 is 18.8 Å². The number of imide groups is 1. The van der Waals surface area contributed by atoms with E-state index in [-0.39, 0.29) is 41.9 Å². The van der Waals surface area contributed by atoms with E-state index in [1.54, 1.807) is 24.3 Å². The molecule has 128 valence electrons. The maximum Gasteiger partial charge on any atom is 0.255 e. The quantitative estimate of drug-likeness (QED) is 0.850. The third-order valence-electron chi connectivity index (χ3n) is 3.91. The van der Waals surface area contributed by atoms with Gasteiger partial charge in [0.05, 0.1) is 17.3 Å². The lowest BCUT2D eigenvalue weighted by molar-refractivity contribution is -0.139. The van der Waals surface area contributed by atoms with Gasteiger partial charge in [0, 0.05) is 18.4 Å². The molecule has 0 aliphatic carbocycles. The Morgan fingerprint density at radius 2 is 1.72 bits per heavy atom. The molecular formula is C18H14ClFN2O3. The molecule has 0 unspecified atom stereocenters. The predicted octanol–water partition coefficient (Wildman–Crippen LogP) is 3.38. The summed E-state index contributed by atoms with van der Waals surface area (Å²) in [4.78, 5) is 36.6. The van der Waals surface area contributed by atoms with Crippen LogP contribution in [0.5, 0.6) is 0 Å². The monoisotopic (exact) mass is 360 g/mol. The summed E-state index contributed by atoms with van der Waals surface area (Å²) in [7, 11) is 0. The lowest BCUT2D eigenvalue weighted by Gasteiger charge is -2.14. The molecule has 25 heavy (non-hydrogen) atoms. The summed E-state index contributed by atoms with van der Waals surface area (Å²) in [5, 5.41) is 2.38. The van der Waals surface area contributed by atoms with Gasteiger partial charge < -0.3 is 5.32 Å². The molecule has 1 fully saturated rings. The number of nitrogens with zero attached hydrogens (tertiary/aromatic N) is 1. The minimum absolute atomic E-state index is 0.00478. The van der Waals surface area contributed by atoms with Gasteiger partial charge in [0.25, 0.3) is 5.91 Å². The van der Waals surface area contributed by atoms with E-state index in [0.717, 1.165) is 5.56 Å². The van der Waals surface area contributed by atoms with Gasteiger partial charge in [-0.15, -0.1) is 0 Å². The molecule has 2 aromatic rings. The van der Waals surface area contributed by atoms with E-state index in [0.29, 0.717) is 5.56 Å². The van der Waals surface area contributed by atoms with Crippen LogP contribution in [0.4, 0.5) is 10.1 Å². The lowest BCUT2D eigenvalue weighted by Crippen LogP contribution is -2.28. The zero-order valence-electron chi connectivity index (χ0n) is 13.1. The molecule has 7 heteroatoms. The van der Waals surface area contributed by atoms with E-state index in [1.807, 2.05) is 0 Å². The van der Waals surface area contributed by atoms with E-state index < -0.39 is 11.7 Å². The number of carbonyl (C=O) groups excluding carboxylic acids is 3. The van der Waals surface area contributed by atoms with Crippen LogP contribution in [0.3, 0.4) is 0 Å². The average molecular weight is 361 g/mol. The Balaban J connectivity index is 1.69. The second-order valence-corrected chi connectivity index (χ2v) is 6.03. The third-order valence-corrected chi connectivity index (χ3v) is 4.20. The number of halogens is 2. The number of carbonyl (C=O) groups is 3. The highest BCUT2D eigenvalue weighted by Crippen LogP contribution is 2.23. The number of benzene rings is 2. The molecule has 1 aliphatic rings. The molecule has 1 N–H and O–H groups in total. The molecule has 0 aromatic heterocycles. The number of anilines is 1. The predicted molar refractivity (Wildman–Crippen MR) is 90.6 cm³/mol. The fourth-order valence-electron chi connectivity index (χ4n) is 2.54. The number of hydrogen-bond donors (Lipinski definition) is 1. The Kier molecular flexibility index (Phi) is 4.81. The van der Waals surface area contributed by atoms with Gasteiger partial charge in [-0.05, 0) is 29.8 Å². The van der Waals surface area contributed by atoms with Gasteiger partial charge in [0.2, 0.25) is 11.8 Å². The molecule has 0 radical (unpaired) electrons. The standard InChI is InChI=1S/C18H14ClFN2O3/c19-13-2-1-3-14(17(13)20)21-18(25)12-6-4-11(5-7-12)10-22-15(23)8-9-16(22)24/h1-7H,8-10H2,(H,21,25). The summed E-state index contributed by atoms with van der Waals surface area (Å²) in [6.07, 6.45) is 0.481. The zero-order valence-corrected chi connectivity index (χ0v) is 13.8. The summed E-state index contributed by atoms with van der Waals surface area (Å²) in [6.45, 7) is 0.183. The van der Waals surface area contributed by atoms with Crippen LogP contribution in [-0.4, -0.2) is 22.6 Å². The van der Waals surface area contributed by atoms with Crippen molar-refractivity contribution in [3.8, 4) is 0 Å². The Morgan fingerprint density at radius 1 is 1.08 bits per heavy atom. The number of rotatable bonds is 4. The Bertz CT molecular complexity index is 836. The first-order valence-corrected chi connectivity index (χ1v) is 8.01. The molecule has 0 bridgehead atoms. The Morgan fingerprint density at radius 3 is 2.36 bits per heavy atom. The van der Waals surface area contributed by atoms with Crippen LogP contribution < -0.4 is 5.32 Å². The molecule has 2 aromatic carbocycles. The minimum atomic E-state index is -0.694. The van der Waals surface area contributed by atoms with Crippen LogP contribution >= 0.6 is 11.6 Å². The largest absolute Gasteiger partial charge is 0.319 e. The van der Waals surface area contributed by atoms with Crippen LogP contribution in [0.2, 0.25) is 5.02 Å². The lowest BCUT2D eigenvalue weighted by atomic mass is 10.1. The molecule has 3 rings (SSSR count). The van der Waals surface area contributed by atoms with Crippen molar-refractivity contribution in [1.82, 2.24) is 4.90 Å². The van der Waals surface area contributed by atoms with Gasteiger partial charge in [0.15, 0.2) is 5.82 Å². The fraction of sp³-hybridized carbons (Fsp3) is 0.167. The third kappa shape index (κ3) is 3.69. The van der Waals surface area contributed by atoms with Crippen molar-refractivity contribution in [3.05, 3.63) is 64.4 Å². The van der Waals surface area contributed by atoms with Crippen LogP contribution in [0, 0.1) is 5.82 Å². The molecule has 1 heterocycles. The van der Waals surface area contributed by atoms with Gasteiger partial charge in [-0.2, -0.15) is 0 Å². The molecule has 0 atom stereocenters. The second-order valence-electron chi connectivity index (χ2n) is 5.63. The Labute approximate surface area is 148 Å². The van der Waals surface area contributed by atoms with Crippen LogP contribution in [0.1, 0.15) is 28.8 Å². The molecule has 5 nitrogen and oxygen atoms in total. The topological polar surface area (TPSA) is 66.5 Å². The van der Waals surface area contributed by atoms with Crippen molar-refractivity contribution in [2.45, 2.75) is 19.4 Å². The average Bonchev–Trinajstić information content (AvgIpc) is 2.91. The summed E-state index contributed by atoms with van der Waals surface area (Å²) in [6, 6.07) is 10.8. The fourth-order valence-corrected chi connectivity index (χ4v) is 2.71. The summed E-state index contributed by atoms with van der Waals surface area (Å²) in [5.41, 5.74) is 1.05. The normalized spacial score (nSPS) is 14.1.